The van der Waals surface area contributed by atoms with E-state index in [2.05, 4.69) is 5.32 Å². The number of esters is 1. The van der Waals surface area contributed by atoms with Gasteiger partial charge in [-0.05, 0) is 43.3 Å². The first-order valence-corrected chi connectivity index (χ1v) is 10.6. The van der Waals surface area contributed by atoms with Crippen LogP contribution in [0.2, 0.25) is 0 Å². The Morgan fingerprint density at radius 2 is 1.76 bits per heavy atom. The van der Waals surface area contributed by atoms with E-state index in [9.17, 15) is 18.0 Å². The number of ether oxygens (including phenoxy) is 2. The summed E-state index contributed by atoms with van der Waals surface area (Å²) in [5.41, 5.74) is 0.913. The van der Waals surface area contributed by atoms with Gasteiger partial charge in [0.2, 0.25) is 10.0 Å². The Labute approximate surface area is 169 Å². The molecule has 0 saturated carbocycles. The van der Waals surface area contributed by atoms with Gasteiger partial charge in [0.25, 0.3) is 5.91 Å². The van der Waals surface area contributed by atoms with Gasteiger partial charge in [0.1, 0.15) is 0 Å². The van der Waals surface area contributed by atoms with Gasteiger partial charge in [0.05, 0.1) is 30.3 Å². The van der Waals surface area contributed by atoms with Gasteiger partial charge >= 0.3 is 5.97 Å². The third kappa shape index (κ3) is 5.00. The Kier molecular flexibility index (Phi) is 6.63. The van der Waals surface area contributed by atoms with Gasteiger partial charge in [-0.15, -0.1) is 0 Å². The highest BCUT2D eigenvalue weighted by Gasteiger charge is 2.26. The fraction of sp³-hybridized carbons (Fsp3) is 0.300. The Morgan fingerprint density at radius 3 is 2.48 bits per heavy atom. The van der Waals surface area contributed by atoms with E-state index in [-0.39, 0.29) is 30.2 Å². The molecule has 1 N–H and O–H groups in total. The molecule has 154 valence electrons. The van der Waals surface area contributed by atoms with Crippen LogP contribution in [0.5, 0.6) is 0 Å². The first-order valence-electron chi connectivity index (χ1n) is 9.18. The second-order valence-electron chi connectivity index (χ2n) is 6.30. The summed E-state index contributed by atoms with van der Waals surface area (Å²) < 4.78 is 37.1. The molecule has 0 unspecified atom stereocenters. The quantitative estimate of drug-likeness (QED) is 0.721. The van der Waals surface area contributed by atoms with Crippen molar-refractivity contribution < 1.29 is 27.5 Å². The lowest BCUT2D eigenvalue weighted by atomic mass is 10.1. The van der Waals surface area contributed by atoms with Crippen molar-refractivity contribution in [3.63, 3.8) is 0 Å². The van der Waals surface area contributed by atoms with Crippen LogP contribution in [0.25, 0.3) is 0 Å². The first kappa shape index (κ1) is 21.0. The summed E-state index contributed by atoms with van der Waals surface area (Å²) in [6.45, 7) is 3.20. The summed E-state index contributed by atoms with van der Waals surface area (Å²) in [5.74, 6) is -0.966. The van der Waals surface area contributed by atoms with Crippen LogP contribution in [-0.4, -0.2) is 57.5 Å². The molecule has 1 heterocycles. The molecule has 1 fully saturated rings. The number of benzene rings is 2. The lowest BCUT2D eigenvalue weighted by Crippen LogP contribution is -2.40. The molecule has 0 spiro atoms. The molecule has 2 aromatic carbocycles. The molecule has 0 radical (unpaired) electrons. The second kappa shape index (κ2) is 9.17. The summed E-state index contributed by atoms with van der Waals surface area (Å²) >= 11 is 0. The number of amides is 1. The molecule has 1 amide bonds. The summed E-state index contributed by atoms with van der Waals surface area (Å²) in [7, 11) is -3.70. The molecule has 29 heavy (non-hydrogen) atoms. The number of morpholine rings is 1. The summed E-state index contributed by atoms with van der Waals surface area (Å²) in [5, 5.41) is 2.68. The Hall–Kier alpha value is -2.75. The van der Waals surface area contributed by atoms with Crippen molar-refractivity contribution in [2.45, 2.75) is 11.8 Å². The molecule has 0 atom stereocenters. The highest BCUT2D eigenvalue weighted by atomic mass is 32.2. The van der Waals surface area contributed by atoms with Crippen molar-refractivity contribution in [1.82, 2.24) is 4.31 Å². The van der Waals surface area contributed by atoms with Gasteiger partial charge in [-0.3, -0.25) is 4.79 Å². The van der Waals surface area contributed by atoms with E-state index in [1.165, 1.54) is 34.6 Å². The SMILES string of the molecule is CCOC(=O)c1cccc(NC(=O)c2cccc(S(=O)(=O)N3CCOCC3)c2)c1. The summed E-state index contributed by atoms with van der Waals surface area (Å²) in [4.78, 5) is 24.5. The van der Waals surface area contributed by atoms with Gasteiger partial charge in [-0.1, -0.05) is 12.1 Å². The van der Waals surface area contributed by atoms with Crippen molar-refractivity contribution in [2.75, 3.05) is 38.2 Å². The van der Waals surface area contributed by atoms with Crippen molar-refractivity contribution in [3.05, 3.63) is 59.7 Å². The van der Waals surface area contributed by atoms with Crippen LogP contribution in [0.3, 0.4) is 0 Å². The number of hydrogen-bond donors (Lipinski definition) is 1. The van der Waals surface area contributed by atoms with Gasteiger partial charge in [0.15, 0.2) is 0 Å². The zero-order valence-corrected chi connectivity index (χ0v) is 16.8. The van der Waals surface area contributed by atoms with Crippen molar-refractivity contribution in [1.29, 1.82) is 0 Å². The molecule has 1 saturated heterocycles. The minimum Gasteiger partial charge on any atom is -0.462 e. The number of hydrogen-bond acceptors (Lipinski definition) is 6. The van der Waals surface area contributed by atoms with E-state index in [0.29, 0.717) is 24.5 Å². The van der Waals surface area contributed by atoms with E-state index in [1.54, 1.807) is 25.1 Å². The van der Waals surface area contributed by atoms with Crippen molar-refractivity contribution >= 4 is 27.6 Å². The molecular formula is C20H22N2O6S. The van der Waals surface area contributed by atoms with Gasteiger partial charge in [-0.25, -0.2) is 13.2 Å². The molecule has 1 aliphatic rings. The third-order valence-electron chi connectivity index (χ3n) is 4.34. The summed E-state index contributed by atoms with van der Waals surface area (Å²) in [6.07, 6.45) is 0. The van der Waals surface area contributed by atoms with Gasteiger partial charge in [0, 0.05) is 24.3 Å². The van der Waals surface area contributed by atoms with Crippen LogP contribution in [0.15, 0.2) is 53.4 Å². The van der Waals surface area contributed by atoms with Crippen LogP contribution in [-0.2, 0) is 19.5 Å². The number of carbonyl (C=O) groups excluding carboxylic acids is 2. The smallest absolute Gasteiger partial charge is 0.338 e. The lowest BCUT2D eigenvalue weighted by Gasteiger charge is -2.26. The van der Waals surface area contributed by atoms with E-state index in [1.807, 2.05) is 0 Å². The zero-order chi connectivity index (χ0) is 20.9. The average molecular weight is 418 g/mol. The minimum absolute atomic E-state index is 0.0484. The molecule has 1 aliphatic heterocycles. The van der Waals surface area contributed by atoms with Gasteiger partial charge in [-0.2, -0.15) is 4.31 Å². The molecule has 8 nitrogen and oxygen atoms in total. The van der Waals surface area contributed by atoms with Crippen LogP contribution in [0.1, 0.15) is 27.6 Å². The molecule has 2 aromatic rings. The monoisotopic (exact) mass is 418 g/mol. The normalized spacial score (nSPS) is 14.9. The molecule has 0 bridgehead atoms. The highest BCUT2D eigenvalue weighted by Crippen LogP contribution is 2.19. The Balaban J connectivity index is 1.78. The summed E-state index contributed by atoms with van der Waals surface area (Å²) in [6, 6.07) is 12.2. The van der Waals surface area contributed by atoms with Crippen LogP contribution >= 0.6 is 0 Å². The highest BCUT2D eigenvalue weighted by molar-refractivity contribution is 7.89. The van der Waals surface area contributed by atoms with E-state index >= 15 is 0 Å². The number of anilines is 1. The number of carbonyl (C=O) groups is 2. The molecule has 3 rings (SSSR count). The molecule has 9 heteroatoms. The predicted molar refractivity (Wildman–Crippen MR) is 106 cm³/mol. The van der Waals surface area contributed by atoms with Gasteiger partial charge < -0.3 is 14.8 Å². The lowest BCUT2D eigenvalue weighted by molar-refractivity contribution is 0.0526. The standard InChI is InChI=1S/C20H22N2O6S/c1-2-28-20(24)16-6-3-7-17(13-16)21-19(23)15-5-4-8-18(14-15)29(25,26)22-9-11-27-12-10-22/h3-8,13-14H,2,9-12H2,1H3,(H,21,23). The Bertz CT molecular complexity index is 1000. The van der Waals surface area contributed by atoms with Crippen LogP contribution in [0.4, 0.5) is 5.69 Å². The maximum absolute atomic E-state index is 12.8. The topological polar surface area (TPSA) is 102 Å². The number of rotatable bonds is 6. The maximum Gasteiger partial charge on any atom is 0.338 e. The maximum atomic E-state index is 12.8. The average Bonchev–Trinajstić information content (AvgIpc) is 2.75. The number of nitrogens with one attached hydrogen (secondary N) is 1. The van der Waals surface area contributed by atoms with Crippen LogP contribution in [0, 0.1) is 0 Å². The van der Waals surface area contributed by atoms with E-state index < -0.39 is 21.9 Å². The zero-order valence-electron chi connectivity index (χ0n) is 16.0. The molecule has 0 aromatic heterocycles. The molecular weight excluding hydrogens is 396 g/mol. The van der Waals surface area contributed by atoms with E-state index in [0.717, 1.165) is 0 Å². The predicted octanol–water partition coefficient (Wildman–Crippen LogP) is 2.14. The third-order valence-corrected chi connectivity index (χ3v) is 6.23. The van der Waals surface area contributed by atoms with Crippen molar-refractivity contribution in [3.8, 4) is 0 Å². The fourth-order valence-corrected chi connectivity index (χ4v) is 4.33. The largest absolute Gasteiger partial charge is 0.462 e. The number of sulfonamides is 1. The van der Waals surface area contributed by atoms with Crippen molar-refractivity contribution in [2.24, 2.45) is 0 Å². The number of nitrogens with zero attached hydrogens (tertiary/aromatic N) is 1. The molecule has 0 aliphatic carbocycles. The minimum atomic E-state index is -3.70. The first-order chi connectivity index (χ1) is 13.9. The Morgan fingerprint density at radius 1 is 1.07 bits per heavy atom. The fourth-order valence-electron chi connectivity index (χ4n) is 2.88. The van der Waals surface area contributed by atoms with Crippen LogP contribution < -0.4 is 5.32 Å². The van der Waals surface area contributed by atoms with E-state index in [4.69, 9.17) is 9.47 Å². The second-order valence-corrected chi connectivity index (χ2v) is 8.24.